The smallest absolute Gasteiger partial charge is 0.394 e. The SMILES string of the molecule is CCCCCCCOCCOCCO.O=S(=O)(O)O. The van der Waals surface area contributed by atoms with Crippen molar-refractivity contribution in [2.45, 2.75) is 39.0 Å². The third-order valence-corrected chi connectivity index (χ3v) is 2.00. The zero-order valence-electron chi connectivity index (χ0n) is 11.5. The molecular weight excluding hydrogens is 276 g/mol. The normalized spacial score (nSPS) is 10.9. The van der Waals surface area contributed by atoms with E-state index in [0.29, 0.717) is 19.8 Å². The molecule has 0 unspecified atom stereocenters. The molecule has 19 heavy (non-hydrogen) atoms. The van der Waals surface area contributed by atoms with Gasteiger partial charge in [0, 0.05) is 6.61 Å². The number of hydrogen-bond donors (Lipinski definition) is 3. The number of ether oxygens (including phenoxy) is 2. The highest BCUT2D eigenvalue weighted by molar-refractivity contribution is 7.79. The van der Waals surface area contributed by atoms with Crippen molar-refractivity contribution < 1.29 is 32.1 Å². The molecule has 0 heterocycles. The van der Waals surface area contributed by atoms with E-state index in [2.05, 4.69) is 6.92 Å². The number of rotatable bonds is 11. The minimum absolute atomic E-state index is 0.0943. The molecular formula is C11H26O7S. The Morgan fingerprint density at radius 1 is 0.842 bits per heavy atom. The zero-order chi connectivity index (χ0) is 15.0. The molecule has 0 atom stereocenters. The van der Waals surface area contributed by atoms with Crippen LogP contribution in [0.4, 0.5) is 0 Å². The predicted molar refractivity (Wildman–Crippen MR) is 71.7 cm³/mol. The summed E-state index contributed by atoms with van der Waals surface area (Å²) in [7, 11) is -4.67. The molecule has 0 bridgehead atoms. The van der Waals surface area contributed by atoms with Crippen LogP contribution in [0.25, 0.3) is 0 Å². The lowest BCUT2D eigenvalue weighted by atomic mass is 10.2. The van der Waals surface area contributed by atoms with Crippen molar-refractivity contribution in [2.75, 3.05) is 33.0 Å². The molecule has 0 aromatic heterocycles. The second kappa shape index (κ2) is 15.8. The van der Waals surface area contributed by atoms with E-state index >= 15 is 0 Å². The van der Waals surface area contributed by atoms with Gasteiger partial charge in [-0.05, 0) is 6.42 Å². The lowest BCUT2D eigenvalue weighted by Gasteiger charge is -2.04. The van der Waals surface area contributed by atoms with Crippen LogP contribution in [-0.4, -0.2) is 55.7 Å². The molecule has 0 spiro atoms. The van der Waals surface area contributed by atoms with Crippen LogP contribution >= 0.6 is 0 Å². The summed E-state index contributed by atoms with van der Waals surface area (Å²) in [4.78, 5) is 0. The van der Waals surface area contributed by atoms with Crippen LogP contribution in [0.1, 0.15) is 39.0 Å². The minimum atomic E-state index is -4.67. The van der Waals surface area contributed by atoms with Crippen LogP contribution in [0, 0.1) is 0 Å². The third kappa shape index (κ3) is 38.1. The quantitative estimate of drug-likeness (QED) is 0.390. The molecule has 0 aromatic carbocycles. The number of hydrogen-bond acceptors (Lipinski definition) is 5. The van der Waals surface area contributed by atoms with E-state index in [1.54, 1.807) is 0 Å². The molecule has 0 aliphatic carbocycles. The van der Waals surface area contributed by atoms with Gasteiger partial charge in [-0.2, -0.15) is 8.42 Å². The van der Waals surface area contributed by atoms with Crippen molar-refractivity contribution in [3.63, 3.8) is 0 Å². The van der Waals surface area contributed by atoms with Crippen molar-refractivity contribution in [3.05, 3.63) is 0 Å². The van der Waals surface area contributed by atoms with Crippen molar-refractivity contribution in [1.82, 2.24) is 0 Å². The van der Waals surface area contributed by atoms with Gasteiger partial charge in [0.05, 0.1) is 26.4 Å². The van der Waals surface area contributed by atoms with Gasteiger partial charge >= 0.3 is 10.4 Å². The lowest BCUT2D eigenvalue weighted by Crippen LogP contribution is -2.07. The van der Waals surface area contributed by atoms with E-state index < -0.39 is 10.4 Å². The molecule has 0 fully saturated rings. The summed E-state index contributed by atoms with van der Waals surface area (Å²) in [5.41, 5.74) is 0. The van der Waals surface area contributed by atoms with E-state index in [1.807, 2.05) is 0 Å². The van der Waals surface area contributed by atoms with E-state index in [9.17, 15) is 0 Å². The van der Waals surface area contributed by atoms with Gasteiger partial charge in [-0.1, -0.05) is 32.6 Å². The summed E-state index contributed by atoms with van der Waals surface area (Å²) >= 11 is 0. The summed E-state index contributed by atoms with van der Waals surface area (Å²) < 4.78 is 42.0. The molecule has 0 radical (unpaired) electrons. The van der Waals surface area contributed by atoms with Crippen LogP contribution < -0.4 is 0 Å². The fourth-order valence-electron chi connectivity index (χ4n) is 1.19. The number of unbranched alkanes of at least 4 members (excludes halogenated alkanes) is 4. The Morgan fingerprint density at radius 3 is 1.79 bits per heavy atom. The van der Waals surface area contributed by atoms with Crippen molar-refractivity contribution >= 4 is 10.4 Å². The molecule has 7 nitrogen and oxygen atoms in total. The van der Waals surface area contributed by atoms with Gasteiger partial charge in [-0.3, -0.25) is 9.11 Å². The topological polar surface area (TPSA) is 113 Å². The average Bonchev–Trinajstić information content (AvgIpc) is 2.29. The van der Waals surface area contributed by atoms with Gasteiger partial charge < -0.3 is 14.6 Å². The Hall–Kier alpha value is -0.250. The van der Waals surface area contributed by atoms with Crippen LogP contribution in [0.2, 0.25) is 0 Å². The summed E-state index contributed by atoms with van der Waals surface area (Å²) in [6, 6.07) is 0. The molecule has 8 heteroatoms. The van der Waals surface area contributed by atoms with Crippen molar-refractivity contribution in [2.24, 2.45) is 0 Å². The minimum Gasteiger partial charge on any atom is -0.394 e. The second-order valence-electron chi connectivity index (χ2n) is 3.81. The maximum absolute atomic E-state index is 8.74. The number of aliphatic hydroxyl groups excluding tert-OH is 1. The Labute approximate surface area is 115 Å². The molecule has 0 saturated heterocycles. The first-order valence-electron chi connectivity index (χ1n) is 6.38. The second-order valence-corrected chi connectivity index (χ2v) is 4.71. The fourth-order valence-corrected chi connectivity index (χ4v) is 1.19. The largest absolute Gasteiger partial charge is 0.394 e. The highest BCUT2D eigenvalue weighted by Crippen LogP contribution is 2.01. The summed E-state index contributed by atoms with van der Waals surface area (Å²) in [6.45, 7) is 4.81. The first kappa shape index (κ1) is 21.1. The average molecular weight is 302 g/mol. The predicted octanol–water partition coefficient (Wildman–Crippen LogP) is 1.33. The van der Waals surface area contributed by atoms with E-state index in [-0.39, 0.29) is 6.61 Å². The Kier molecular flexibility index (Phi) is 17.5. The Morgan fingerprint density at radius 2 is 1.32 bits per heavy atom. The molecule has 0 aromatic rings. The van der Waals surface area contributed by atoms with Gasteiger partial charge in [-0.25, -0.2) is 0 Å². The molecule has 118 valence electrons. The Balaban J connectivity index is 0. The molecule has 0 aliphatic rings. The lowest BCUT2D eigenvalue weighted by molar-refractivity contribution is 0.0321. The van der Waals surface area contributed by atoms with Crippen LogP contribution in [0.15, 0.2) is 0 Å². The van der Waals surface area contributed by atoms with E-state index in [1.165, 1.54) is 25.7 Å². The summed E-state index contributed by atoms with van der Waals surface area (Å²) in [6.07, 6.45) is 6.36. The monoisotopic (exact) mass is 302 g/mol. The van der Waals surface area contributed by atoms with Gasteiger partial charge in [0.15, 0.2) is 0 Å². The third-order valence-electron chi connectivity index (χ3n) is 2.00. The van der Waals surface area contributed by atoms with Crippen molar-refractivity contribution in [3.8, 4) is 0 Å². The molecule has 3 N–H and O–H groups in total. The molecule has 0 amide bonds. The summed E-state index contributed by atoms with van der Waals surface area (Å²) in [5, 5.41) is 8.42. The summed E-state index contributed by atoms with van der Waals surface area (Å²) in [5.74, 6) is 0. The maximum atomic E-state index is 8.74. The zero-order valence-corrected chi connectivity index (χ0v) is 12.3. The molecule has 0 aliphatic heterocycles. The van der Waals surface area contributed by atoms with Crippen LogP contribution in [-0.2, 0) is 19.9 Å². The molecule has 0 saturated carbocycles. The van der Waals surface area contributed by atoms with Gasteiger partial charge in [-0.15, -0.1) is 0 Å². The van der Waals surface area contributed by atoms with Gasteiger partial charge in [0.1, 0.15) is 0 Å². The first-order chi connectivity index (χ1) is 8.91. The number of aliphatic hydroxyl groups is 1. The molecule has 0 rings (SSSR count). The fraction of sp³-hybridized carbons (Fsp3) is 1.00. The van der Waals surface area contributed by atoms with Crippen molar-refractivity contribution in [1.29, 1.82) is 0 Å². The maximum Gasteiger partial charge on any atom is 0.394 e. The Bertz CT molecular complexity index is 234. The van der Waals surface area contributed by atoms with E-state index in [4.69, 9.17) is 32.1 Å². The van der Waals surface area contributed by atoms with Crippen LogP contribution in [0.3, 0.4) is 0 Å². The first-order valence-corrected chi connectivity index (χ1v) is 7.77. The van der Waals surface area contributed by atoms with Gasteiger partial charge in [0.2, 0.25) is 0 Å². The standard InChI is InChI=1S/C11H24O3.H2O4S/c1-2-3-4-5-6-8-13-10-11-14-9-7-12;1-5(2,3)4/h12H,2-11H2,1H3;(H2,1,2,3,4). The van der Waals surface area contributed by atoms with Crippen LogP contribution in [0.5, 0.6) is 0 Å². The highest BCUT2D eigenvalue weighted by atomic mass is 32.3. The van der Waals surface area contributed by atoms with Gasteiger partial charge in [0.25, 0.3) is 0 Å². The highest BCUT2D eigenvalue weighted by Gasteiger charge is 1.91. The van der Waals surface area contributed by atoms with E-state index in [0.717, 1.165) is 13.0 Å².